The molecule has 0 aromatic heterocycles. The maximum atomic E-state index is 6.30. The second-order valence-corrected chi connectivity index (χ2v) is 6.46. The Morgan fingerprint density at radius 1 is 1.47 bits per heavy atom. The molecule has 0 amide bonds. The maximum absolute atomic E-state index is 6.30. The van der Waals surface area contributed by atoms with Crippen molar-refractivity contribution in [3.8, 4) is 5.75 Å². The topological polar surface area (TPSA) is 38.5 Å². The van der Waals surface area contributed by atoms with E-state index >= 15 is 0 Å². The van der Waals surface area contributed by atoms with E-state index in [1.807, 2.05) is 18.2 Å². The molecule has 1 unspecified atom stereocenters. The molecule has 0 aliphatic carbocycles. The van der Waals surface area contributed by atoms with E-state index in [1.165, 1.54) is 0 Å². The van der Waals surface area contributed by atoms with Crippen molar-refractivity contribution in [1.29, 1.82) is 0 Å². The van der Waals surface area contributed by atoms with Crippen LogP contribution in [0, 0.1) is 5.41 Å². The van der Waals surface area contributed by atoms with Crippen molar-refractivity contribution in [2.45, 2.75) is 32.9 Å². The van der Waals surface area contributed by atoms with Gasteiger partial charge in [0, 0.05) is 30.7 Å². The zero-order chi connectivity index (χ0) is 14.0. The SMILES string of the molecule is COc1ccc(CN2CCC(N)C(C)(C)C2)c(Cl)c1. The van der Waals surface area contributed by atoms with Crippen molar-refractivity contribution >= 4 is 11.6 Å². The third kappa shape index (κ3) is 3.41. The molecule has 1 atom stereocenters. The lowest BCUT2D eigenvalue weighted by molar-refractivity contribution is 0.0899. The fourth-order valence-corrected chi connectivity index (χ4v) is 2.87. The van der Waals surface area contributed by atoms with Gasteiger partial charge < -0.3 is 10.5 Å². The predicted molar refractivity (Wildman–Crippen MR) is 79.7 cm³/mol. The summed E-state index contributed by atoms with van der Waals surface area (Å²) in [5.41, 5.74) is 7.48. The van der Waals surface area contributed by atoms with Gasteiger partial charge in [-0.1, -0.05) is 31.5 Å². The molecule has 2 rings (SSSR count). The summed E-state index contributed by atoms with van der Waals surface area (Å²) < 4.78 is 5.17. The highest BCUT2D eigenvalue weighted by Gasteiger charge is 2.33. The van der Waals surface area contributed by atoms with E-state index in [9.17, 15) is 0 Å². The molecule has 0 saturated carbocycles. The number of ether oxygens (including phenoxy) is 1. The summed E-state index contributed by atoms with van der Waals surface area (Å²) in [7, 11) is 1.65. The summed E-state index contributed by atoms with van der Waals surface area (Å²) in [4.78, 5) is 2.43. The Kier molecular flexibility index (Phi) is 4.39. The molecule has 1 aromatic rings. The van der Waals surface area contributed by atoms with Gasteiger partial charge in [0.05, 0.1) is 7.11 Å². The Morgan fingerprint density at radius 2 is 2.21 bits per heavy atom. The fraction of sp³-hybridized carbons (Fsp3) is 0.600. The van der Waals surface area contributed by atoms with Crippen LogP contribution < -0.4 is 10.5 Å². The summed E-state index contributed by atoms with van der Waals surface area (Å²) in [6.07, 6.45) is 1.04. The zero-order valence-electron chi connectivity index (χ0n) is 11.9. The summed E-state index contributed by atoms with van der Waals surface area (Å²) >= 11 is 6.30. The van der Waals surface area contributed by atoms with Crippen LogP contribution in [0.15, 0.2) is 18.2 Å². The number of nitrogens with zero attached hydrogens (tertiary/aromatic N) is 1. The van der Waals surface area contributed by atoms with Gasteiger partial charge in [0.25, 0.3) is 0 Å². The number of hydrogen-bond acceptors (Lipinski definition) is 3. The van der Waals surface area contributed by atoms with E-state index in [0.29, 0.717) is 0 Å². The molecule has 1 aliphatic heterocycles. The molecule has 19 heavy (non-hydrogen) atoms. The molecule has 0 spiro atoms. The van der Waals surface area contributed by atoms with Crippen LogP contribution in [0.2, 0.25) is 5.02 Å². The normalized spacial score (nSPS) is 23.3. The third-order valence-electron chi connectivity index (χ3n) is 4.05. The first-order chi connectivity index (χ1) is 8.92. The molecule has 1 heterocycles. The minimum absolute atomic E-state index is 0.164. The zero-order valence-corrected chi connectivity index (χ0v) is 12.7. The van der Waals surface area contributed by atoms with Crippen molar-refractivity contribution in [2.24, 2.45) is 11.1 Å². The average Bonchev–Trinajstić information content (AvgIpc) is 2.36. The Morgan fingerprint density at radius 3 is 2.79 bits per heavy atom. The number of likely N-dealkylation sites (tertiary alicyclic amines) is 1. The number of halogens is 1. The molecule has 2 N–H and O–H groups in total. The standard InChI is InChI=1S/C15H23ClN2O/c1-15(2)10-18(7-6-14(15)17)9-11-4-5-12(19-3)8-13(11)16/h4-5,8,14H,6-7,9-10,17H2,1-3H3. The monoisotopic (exact) mass is 282 g/mol. The molecule has 1 aromatic carbocycles. The molecule has 106 valence electrons. The fourth-order valence-electron chi connectivity index (χ4n) is 2.64. The summed E-state index contributed by atoms with van der Waals surface area (Å²) in [6.45, 7) is 7.39. The van der Waals surface area contributed by atoms with Crippen molar-refractivity contribution in [2.75, 3.05) is 20.2 Å². The molecule has 1 saturated heterocycles. The molecular formula is C15H23ClN2O. The molecular weight excluding hydrogens is 260 g/mol. The molecule has 0 radical (unpaired) electrons. The molecule has 4 heteroatoms. The van der Waals surface area contributed by atoms with Gasteiger partial charge >= 0.3 is 0 Å². The van der Waals surface area contributed by atoms with Gasteiger partial charge in [-0.2, -0.15) is 0 Å². The first kappa shape index (κ1) is 14.6. The van der Waals surface area contributed by atoms with Crippen LogP contribution in [-0.2, 0) is 6.54 Å². The van der Waals surface area contributed by atoms with Gasteiger partial charge in [0.15, 0.2) is 0 Å². The summed E-state index contributed by atoms with van der Waals surface area (Å²) in [6, 6.07) is 6.16. The van der Waals surface area contributed by atoms with Crippen LogP contribution in [0.25, 0.3) is 0 Å². The van der Waals surface area contributed by atoms with Gasteiger partial charge in [-0.05, 0) is 29.5 Å². The largest absolute Gasteiger partial charge is 0.497 e. The quantitative estimate of drug-likeness (QED) is 0.926. The van der Waals surface area contributed by atoms with Crippen LogP contribution in [0.3, 0.4) is 0 Å². The number of nitrogens with two attached hydrogens (primary N) is 1. The minimum Gasteiger partial charge on any atom is -0.497 e. The second-order valence-electron chi connectivity index (χ2n) is 6.05. The Hall–Kier alpha value is -0.770. The number of piperidine rings is 1. The van der Waals surface area contributed by atoms with Crippen LogP contribution in [-0.4, -0.2) is 31.1 Å². The molecule has 1 fully saturated rings. The molecule has 0 bridgehead atoms. The van der Waals surface area contributed by atoms with Gasteiger partial charge in [0.1, 0.15) is 5.75 Å². The van der Waals surface area contributed by atoms with Crippen LogP contribution in [0.5, 0.6) is 5.75 Å². The van der Waals surface area contributed by atoms with Crippen LogP contribution >= 0.6 is 11.6 Å². The highest BCUT2D eigenvalue weighted by molar-refractivity contribution is 6.31. The minimum atomic E-state index is 0.164. The van der Waals surface area contributed by atoms with E-state index in [1.54, 1.807) is 7.11 Å². The van der Waals surface area contributed by atoms with Crippen molar-refractivity contribution < 1.29 is 4.74 Å². The van der Waals surface area contributed by atoms with E-state index in [-0.39, 0.29) is 11.5 Å². The van der Waals surface area contributed by atoms with Crippen molar-refractivity contribution in [3.05, 3.63) is 28.8 Å². The van der Waals surface area contributed by atoms with Gasteiger partial charge in [-0.3, -0.25) is 4.90 Å². The Bertz CT molecular complexity index is 448. The van der Waals surface area contributed by atoms with Gasteiger partial charge in [0.2, 0.25) is 0 Å². The molecule has 3 nitrogen and oxygen atoms in total. The lowest BCUT2D eigenvalue weighted by atomic mass is 9.79. The van der Waals surface area contributed by atoms with Gasteiger partial charge in [-0.25, -0.2) is 0 Å². The van der Waals surface area contributed by atoms with Crippen LogP contribution in [0.1, 0.15) is 25.8 Å². The number of rotatable bonds is 3. The van der Waals surface area contributed by atoms with Crippen LogP contribution in [0.4, 0.5) is 0 Å². The average molecular weight is 283 g/mol. The van der Waals surface area contributed by atoms with E-state index in [2.05, 4.69) is 18.7 Å². The Balaban J connectivity index is 2.06. The number of benzene rings is 1. The van der Waals surface area contributed by atoms with Crippen molar-refractivity contribution in [3.63, 3.8) is 0 Å². The van der Waals surface area contributed by atoms with Crippen molar-refractivity contribution in [1.82, 2.24) is 4.90 Å². The van der Waals surface area contributed by atoms with E-state index in [4.69, 9.17) is 22.1 Å². The second kappa shape index (κ2) is 5.70. The lowest BCUT2D eigenvalue weighted by Crippen LogP contribution is -2.52. The summed E-state index contributed by atoms with van der Waals surface area (Å²) in [5.74, 6) is 0.801. The number of methoxy groups -OCH3 is 1. The lowest BCUT2D eigenvalue weighted by Gasteiger charge is -2.42. The first-order valence-electron chi connectivity index (χ1n) is 6.73. The third-order valence-corrected chi connectivity index (χ3v) is 4.40. The van der Waals surface area contributed by atoms with E-state index in [0.717, 1.165) is 42.4 Å². The molecule has 1 aliphatic rings. The predicted octanol–water partition coefficient (Wildman–Crippen LogP) is 2.91. The smallest absolute Gasteiger partial charge is 0.120 e. The maximum Gasteiger partial charge on any atom is 0.120 e. The number of hydrogen-bond donors (Lipinski definition) is 1. The van der Waals surface area contributed by atoms with Gasteiger partial charge in [-0.15, -0.1) is 0 Å². The highest BCUT2D eigenvalue weighted by Crippen LogP contribution is 2.30. The summed E-state index contributed by atoms with van der Waals surface area (Å²) in [5, 5.41) is 0.770. The highest BCUT2D eigenvalue weighted by atomic mass is 35.5. The van der Waals surface area contributed by atoms with E-state index < -0.39 is 0 Å². The first-order valence-corrected chi connectivity index (χ1v) is 7.10. The Labute approximate surface area is 120 Å².